The number of carbonyl (C=O) groups excluding carboxylic acids is 2. The second-order valence-corrected chi connectivity index (χ2v) is 6.10. The Morgan fingerprint density at radius 2 is 1.89 bits per heavy atom. The molecule has 1 aliphatic rings. The fraction of sp³-hybridized carbons (Fsp3) is 0.250. The molecule has 0 fully saturated rings. The van der Waals surface area contributed by atoms with E-state index >= 15 is 0 Å². The lowest BCUT2D eigenvalue weighted by Crippen LogP contribution is -2.21. The minimum absolute atomic E-state index is 0.0346. The number of hydrazone groups is 1. The van der Waals surface area contributed by atoms with Crippen LogP contribution in [-0.2, 0) is 4.79 Å². The Balaban J connectivity index is 1.54. The highest BCUT2D eigenvalue weighted by Gasteiger charge is 2.13. The lowest BCUT2D eigenvalue weighted by Gasteiger charge is -2.19. The second-order valence-electron chi connectivity index (χ2n) is 6.10. The van der Waals surface area contributed by atoms with Crippen LogP contribution in [0.25, 0.3) is 0 Å². The molecule has 2 aromatic carbocycles. The Bertz CT molecular complexity index is 910. The maximum atomic E-state index is 12.2. The smallest absolute Gasteiger partial charge is 0.271 e. The van der Waals surface area contributed by atoms with Crippen molar-refractivity contribution >= 4 is 23.2 Å². The monoisotopic (exact) mass is 383 g/mol. The van der Waals surface area contributed by atoms with Crippen molar-refractivity contribution in [2.75, 3.05) is 25.6 Å². The van der Waals surface area contributed by atoms with Gasteiger partial charge < -0.3 is 19.5 Å². The van der Waals surface area contributed by atoms with E-state index in [0.717, 1.165) is 0 Å². The molecule has 0 atom stereocenters. The van der Waals surface area contributed by atoms with Gasteiger partial charge in [0, 0.05) is 23.0 Å². The lowest BCUT2D eigenvalue weighted by atomic mass is 10.2. The van der Waals surface area contributed by atoms with Crippen LogP contribution in [0.2, 0.25) is 0 Å². The third kappa shape index (κ3) is 5.00. The summed E-state index contributed by atoms with van der Waals surface area (Å²) in [5.41, 5.74) is 3.91. The molecule has 8 nitrogen and oxygen atoms in total. The molecular formula is C20H21N3O5. The van der Waals surface area contributed by atoms with Gasteiger partial charge >= 0.3 is 0 Å². The Labute approximate surface area is 162 Å². The van der Waals surface area contributed by atoms with Crippen LogP contribution in [0, 0.1) is 0 Å². The molecule has 146 valence electrons. The third-order valence-corrected chi connectivity index (χ3v) is 3.92. The largest absolute Gasteiger partial charge is 0.497 e. The van der Waals surface area contributed by atoms with Crippen LogP contribution in [-0.4, -0.2) is 37.8 Å². The minimum Gasteiger partial charge on any atom is -0.497 e. The molecule has 2 amide bonds. The number of nitrogens with zero attached hydrogens (tertiary/aromatic N) is 1. The van der Waals surface area contributed by atoms with Gasteiger partial charge in [0.1, 0.15) is 19.0 Å². The Kier molecular flexibility index (Phi) is 6.11. The zero-order chi connectivity index (χ0) is 19.9. The van der Waals surface area contributed by atoms with Crippen molar-refractivity contribution in [3.8, 4) is 17.2 Å². The number of methoxy groups -OCH3 is 1. The molecule has 0 aliphatic carbocycles. The maximum absolute atomic E-state index is 12.2. The summed E-state index contributed by atoms with van der Waals surface area (Å²) in [5.74, 6) is 1.19. The maximum Gasteiger partial charge on any atom is 0.271 e. The van der Waals surface area contributed by atoms with Gasteiger partial charge in [-0.25, -0.2) is 5.43 Å². The molecule has 0 bridgehead atoms. The Hall–Kier alpha value is -3.55. The zero-order valence-corrected chi connectivity index (χ0v) is 15.7. The quantitative estimate of drug-likeness (QED) is 0.590. The highest BCUT2D eigenvalue weighted by molar-refractivity contribution is 6.06. The minimum atomic E-state index is -0.384. The molecule has 2 N–H and O–H groups in total. The first-order valence-electron chi connectivity index (χ1n) is 8.72. The van der Waals surface area contributed by atoms with Crippen LogP contribution in [0.4, 0.5) is 5.69 Å². The van der Waals surface area contributed by atoms with E-state index in [1.54, 1.807) is 49.4 Å². The van der Waals surface area contributed by atoms with Crippen LogP contribution >= 0.6 is 0 Å². The first-order chi connectivity index (χ1) is 13.5. The van der Waals surface area contributed by atoms with Crippen molar-refractivity contribution < 1.29 is 23.8 Å². The molecule has 0 spiro atoms. The van der Waals surface area contributed by atoms with Crippen LogP contribution < -0.4 is 25.0 Å². The summed E-state index contributed by atoms with van der Waals surface area (Å²) in [4.78, 5) is 24.3. The predicted octanol–water partition coefficient (Wildman–Crippen LogP) is 2.60. The summed E-state index contributed by atoms with van der Waals surface area (Å²) >= 11 is 0. The predicted molar refractivity (Wildman–Crippen MR) is 104 cm³/mol. The average Bonchev–Trinajstić information content (AvgIpc) is 2.71. The number of carbonyl (C=O) groups is 2. The molecule has 0 unspecified atom stereocenters. The van der Waals surface area contributed by atoms with Gasteiger partial charge in [-0.05, 0) is 37.3 Å². The second kappa shape index (κ2) is 8.90. The number of ether oxygens (including phenoxy) is 3. The van der Waals surface area contributed by atoms with Gasteiger partial charge in [0.25, 0.3) is 5.91 Å². The van der Waals surface area contributed by atoms with Crippen molar-refractivity contribution in [2.45, 2.75) is 13.3 Å². The molecule has 0 saturated heterocycles. The number of hydrogen-bond donors (Lipinski definition) is 2. The highest BCUT2D eigenvalue weighted by atomic mass is 16.6. The number of rotatable bonds is 6. The molecule has 1 aliphatic heterocycles. The summed E-state index contributed by atoms with van der Waals surface area (Å²) < 4.78 is 16.0. The molecule has 2 aromatic rings. The number of hydrogen-bond acceptors (Lipinski definition) is 6. The molecular weight excluding hydrogens is 362 g/mol. The van der Waals surface area contributed by atoms with E-state index in [1.807, 2.05) is 0 Å². The number of amides is 2. The van der Waals surface area contributed by atoms with E-state index in [2.05, 4.69) is 15.8 Å². The van der Waals surface area contributed by atoms with Crippen LogP contribution in [0.1, 0.15) is 23.7 Å². The fourth-order valence-electron chi connectivity index (χ4n) is 2.57. The third-order valence-electron chi connectivity index (χ3n) is 3.92. The molecule has 3 rings (SSSR count). The molecule has 0 radical (unpaired) electrons. The molecule has 1 heterocycles. The van der Waals surface area contributed by atoms with E-state index < -0.39 is 0 Å². The summed E-state index contributed by atoms with van der Waals surface area (Å²) in [6.45, 7) is 2.65. The average molecular weight is 383 g/mol. The van der Waals surface area contributed by atoms with Crippen molar-refractivity contribution in [1.29, 1.82) is 0 Å². The number of benzene rings is 2. The summed E-state index contributed by atoms with van der Waals surface area (Å²) in [6.07, 6.45) is 0.0346. The zero-order valence-electron chi connectivity index (χ0n) is 15.7. The van der Waals surface area contributed by atoms with E-state index in [0.29, 0.717) is 47.4 Å². The van der Waals surface area contributed by atoms with Crippen molar-refractivity contribution in [2.24, 2.45) is 5.10 Å². The van der Waals surface area contributed by atoms with E-state index in [9.17, 15) is 9.59 Å². The normalized spacial score (nSPS) is 12.9. The lowest BCUT2D eigenvalue weighted by molar-refractivity contribution is -0.115. The standard InChI is InChI=1S/C20H21N3O5/c1-13(22-23-20(25)14-4-3-5-16(11-14)26-2)10-19(24)21-15-6-7-17-18(12-15)28-9-8-27-17/h3-7,11-12H,8-10H2,1-2H3,(H,21,24)(H,23,25)/b22-13+. The van der Waals surface area contributed by atoms with Gasteiger partial charge in [-0.3, -0.25) is 9.59 Å². The summed E-state index contributed by atoms with van der Waals surface area (Å²) in [6, 6.07) is 11.9. The first-order valence-corrected chi connectivity index (χ1v) is 8.72. The van der Waals surface area contributed by atoms with Crippen molar-refractivity contribution in [3.63, 3.8) is 0 Å². The molecule has 8 heteroatoms. The summed E-state index contributed by atoms with van der Waals surface area (Å²) in [7, 11) is 1.53. The number of nitrogens with one attached hydrogen (secondary N) is 2. The van der Waals surface area contributed by atoms with Crippen LogP contribution in [0.5, 0.6) is 17.2 Å². The van der Waals surface area contributed by atoms with E-state index in [1.165, 1.54) is 7.11 Å². The van der Waals surface area contributed by atoms with E-state index in [-0.39, 0.29) is 18.2 Å². The molecule has 0 aromatic heterocycles. The van der Waals surface area contributed by atoms with Crippen LogP contribution in [0.3, 0.4) is 0 Å². The van der Waals surface area contributed by atoms with Gasteiger partial charge in [0.15, 0.2) is 11.5 Å². The van der Waals surface area contributed by atoms with Gasteiger partial charge in [-0.2, -0.15) is 5.10 Å². The van der Waals surface area contributed by atoms with Gasteiger partial charge in [-0.15, -0.1) is 0 Å². The van der Waals surface area contributed by atoms with Crippen LogP contribution in [0.15, 0.2) is 47.6 Å². The van der Waals surface area contributed by atoms with Crippen molar-refractivity contribution in [1.82, 2.24) is 5.43 Å². The first kappa shape index (κ1) is 19.2. The van der Waals surface area contributed by atoms with Gasteiger partial charge in [-0.1, -0.05) is 6.07 Å². The van der Waals surface area contributed by atoms with Gasteiger partial charge in [0.05, 0.1) is 13.5 Å². The Morgan fingerprint density at radius 1 is 1.11 bits per heavy atom. The number of fused-ring (bicyclic) bond motifs is 1. The van der Waals surface area contributed by atoms with Crippen molar-refractivity contribution in [3.05, 3.63) is 48.0 Å². The number of anilines is 1. The summed E-state index contributed by atoms with van der Waals surface area (Å²) in [5, 5.41) is 6.75. The molecule has 28 heavy (non-hydrogen) atoms. The topological polar surface area (TPSA) is 98.2 Å². The highest BCUT2D eigenvalue weighted by Crippen LogP contribution is 2.32. The molecule has 0 saturated carbocycles. The van der Waals surface area contributed by atoms with E-state index in [4.69, 9.17) is 14.2 Å². The van der Waals surface area contributed by atoms with Gasteiger partial charge in [0.2, 0.25) is 5.91 Å². The Morgan fingerprint density at radius 3 is 2.68 bits per heavy atom. The fourth-order valence-corrected chi connectivity index (χ4v) is 2.57. The SMILES string of the molecule is COc1cccc(C(=O)N/N=C(\C)CC(=O)Nc2ccc3c(c2)OCCO3)c1.